The SMILES string of the molecule is CCCC(Cl)CCc1ccc([N+](=O)[O-])c(F)c1. The Morgan fingerprint density at radius 3 is 2.71 bits per heavy atom. The molecule has 0 bridgehead atoms. The van der Waals surface area contributed by atoms with Gasteiger partial charge in [-0.25, -0.2) is 0 Å². The second-order valence-electron chi connectivity index (χ2n) is 3.97. The van der Waals surface area contributed by atoms with Crippen LogP contribution in [0.5, 0.6) is 0 Å². The van der Waals surface area contributed by atoms with Crippen molar-refractivity contribution in [2.75, 3.05) is 0 Å². The lowest BCUT2D eigenvalue weighted by molar-refractivity contribution is -0.387. The smallest absolute Gasteiger partial charge is 0.258 e. The number of aryl methyl sites for hydroxylation is 1. The zero-order valence-corrected chi connectivity index (χ0v) is 10.4. The van der Waals surface area contributed by atoms with Gasteiger partial charge in [-0.15, -0.1) is 11.6 Å². The van der Waals surface area contributed by atoms with E-state index < -0.39 is 16.4 Å². The molecule has 0 aliphatic carbocycles. The van der Waals surface area contributed by atoms with Gasteiger partial charge in [-0.05, 0) is 30.9 Å². The number of benzene rings is 1. The molecule has 0 fully saturated rings. The molecule has 94 valence electrons. The summed E-state index contributed by atoms with van der Waals surface area (Å²) in [7, 11) is 0. The van der Waals surface area contributed by atoms with Crippen LogP contribution in [0.3, 0.4) is 0 Å². The molecule has 3 nitrogen and oxygen atoms in total. The Morgan fingerprint density at radius 1 is 1.47 bits per heavy atom. The van der Waals surface area contributed by atoms with Crippen molar-refractivity contribution in [3.8, 4) is 0 Å². The lowest BCUT2D eigenvalue weighted by Gasteiger charge is -2.07. The van der Waals surface area contributed by atoms with E-state index in [1.165, 1.54) is 12.1 Å². The first-order chi connectivity index (χ1) is 8.04. The van der Waals surface area contributed by atoms with Crippen LogP contribution < -0.4 is 0 Å². The quantitative estimate of drug-likeness (QED) is 0.439. The predicted octanol–water partition coefficient (Wildman–Crippen LogP) is 4.07. The predicted molar refractivity (Wildman–Crippen MR) is 65.9 cm³/mol. The van der Waals surface area contributed by atoms with Crippen LogP contribution in [-0.4, -0.2) is 10.3 Å². The highest BCUT2D eigenvalue weighted by Crippen LogP contribution is 2.20. The van der Waals surface area contributed by atoms with E-state index in [0.29, 0.717) is 6.42 Å². The van der Waals surface area contributed by atoms with Crippen LogP contribution in [0.1, 0.15) is 31.7 Å². The van der Waals surface area contributed by atoms with E-state index in [9.17, 15) is 14.5 Å². The number of nitrogens with zero attached hydrogens (tertiary/aromatic N) is 1. The van der Waals surface area contributed by atoms with Crippen molar-refractivity contribution in [3.63, 3.8) is 0 Å². The molecule has 0 saturated carbocycles. The average Bonchev–Trinajstić information content (AvgIpc) is 2.26. The molecule has 5 heteroatoms. The second kappa shape index (κ2) is 6.55. The summed E-state index contributed by atoms with van der Waals surface area (Å²) in [5.74, 6) is -0.783. The van der Waals surface area contributed by atoms with Crippen LogP contribution in [0.2, 0.25) is 0 Å². The molecule has 0 aliphatic heterocycles. The fourth-order valence-electron chi connectivity index (χ4n) is 1.63. The summed E-state index contributed by atoms with van der Waals surface area (Å²) in [5, 5.41) is 10.5. The van der Waals surface area contributed by atoms with E-state index in [1.807, 2.05) is 0 Å². The monoisotopic (exact) mass is 259 g/mol. The Morgan fingerprint density at radius 2 is 2.18 bits per heavy atom. The first kappa shape index (κ1) is 13.9. The first-order valence-corrected chi connectivity index (χ1v) is 6.05. The maximum atomic E-state index is 13.3. The van der Waals surface area contributed by atoms with Crippen molar-refractivity contribution in [1.29, 1.82) is 0 Å². The molecule has 0 aliphatic rings. The van der Waals surface area contributed by atoms with Crippen LogP contribution in [0.15, 0.2) is 18.2 Å². The average molecular weight is 260 g/mol. The minimum absolute atomic E-state index is 0.0817. The Labute approximate surface area is 105 Å². The van der Waals surface area contributed by atoms with E-state index in [0.717, 1.165) is 24.8 Å². The molecule has 1 aromatic rings. The molecule has 0 saturated heterocycles. The number of nitro benzene ring substituents is 1. The summed E-state index contributed by atoms with van der Waals surface area (Å²) in [6, 6.07) is 4.00. The van der Waals surface area contributed by atoms with Crippen molar-refractivity contribution in [2.45, 2.75) is 38.0 Å². The Kier molecular flexibility index (Phi) is 5.35. The van der Waals surface area contributed by atoms with Crippen molar-refractivity contribution < 1.29 is 9.31 Å². The lowest BCUT2D eigenvalue weighted by atomic mass is 10.1. The molecule has 0 spiro atoms. The van der Waals surface area contributed by atoms with Gasteiger partial charge in [-0.3, -0.25) is 10.1 Å². The van der Waals surface area contributed by atoms with Crippen molar-refractivity contribution in [2.24, 2.45) is 0 Å². The normalized spacial score (nSPS) is 12.4. The van der Waals surface area contributed by atoms with Gasteiger partial charge in [-0.1, -0.05) is 19.4 Å². The van der Waals surface area contributed by atoms with Gasteiger partial charge in [0.05, 0.1) is 4.92 Å². The first-order valence-electron chi connectivity index (χ1n) is 5.61. The van der Waals surface area contributed by atoms with Crippen LogP contribution in [0, 0.1) is 15.9 Å². The summed E-state index contributed by atoms with van der Waals surface area (Å²) in [6.45, 7) is 2.06. The summed E-state index contributed by atoms with van der Waals surface area (Å²) in [5.41, 5.74) is 0.264. The summed E-state index contributed by atoms with van der Waals surface area (Å²) < 4.78 is 13.3. The van der Waals surface area contributed by atoms with E-state index in [-0.39, 0.29) is 5.38 Å². The molecule has 0 radical (unpaired) electrons. The molecule has 0 aromatic heterocycles. The zero-order chi connectivity index (χ0) is 12.8. The van der Waals surface area contributed by atoms with E-state index >= 15 is 0 Å². The van der Waals surface area contributed by atoms with E-state index in [1.54, 1.807) is 6.07 Å². The highest BCUT2D eigenvalue weighted by atomic mass is 35.5. The highest BCUT2D eigenvalue weighted by Gasteiger charge is 2.14. The molecule has 17 heavy (non-hydrogen) atoms. The number of nitro groups is 1. The fourth-order valence-corrected chi connectivity index (χ4v) is 1.96. The largest absolute Gasteiger partial charge is 0.304 e. The Bertz CT molecular complexity index is 398. The van der Waals surface area contributed by atoms with Crippen LogP contribution >= 0.6 is 11.6 Å². The van der Waals surface area contributed by atoms with Gasteiger partial charge < -0.3 is 0 Å². The summed E-state index contributed by atoms with van der Waals surface area (Å²) in [6.07, 6.45) is 3.34. The standard InChI is InChI=1S/C12H15ClFNO2/c1-2-3-10(13)6-4-9-5-7-12(15(16)17)11(14)8-9/h5,7-8,10H,2-4,6H2,1H3. The fraction of sp³-hybridized carbons (Fsp3) is 0.500. The molecule has 0 heterocycles. The van der Waals surface area contributed by atoms with Gasteiger partial charge in [0.25, 0.3) is 0 Å². The summed E-state index contributed by atoms with van der Waals surface area (Å²) >= 11 is 6.05. The molecular formula is C12H15ClFNO2. The number of alkyl halides is 1. The minimum atomic E-state index is -0.783. The molecule has 1 unspecified atom stereocenters. The van der Waals surface area contributed by atoms with Gasteiger partial charge >= 0.3 is 5.69 Å². The number of rotatable bonds is 6. The maximum absolute atomic E-state index is 13.3. The van der Waals surface area contributed by atoms with Crippen LogP contribution in [-0.2, 0) is 6.42 Å². The van der Waals surface area contributed by atoms with Crippen LogP contribution in [0.25, 0.3) is 0 Å². The van der Waals surface area contributed by atoms with Gasteiger partial charge in [0, 0.05) is 11.4 Å². The second-order valence-corrected chi connectivity index (χ2v) is 4.58. The van der Waals surface area contributed by atoms with Crippen molar-refractivity contribution in [1.82, 2.24) is 0 Å². The third-order valence-corrected chi connectivity index (χ3v) is 2.99. The van der Waals surface area contributed by atoms with Crippen molar-refractivity contribution in [3.05, 3.63) is 39.7 Å². The van der Waals surface area contributed by atoms with Gasteiger partial charge in [0.2, 0.25) is 5.82 Å². The van der Waals surface area contributed by atoms with E-state index in [4.69, 9.17) is 11.6 Å². The molecule has 1 atom stereocenters. The summed E-state index contributed by atoms with van der Waals surface area (Å²) in [4.78, 5) is 9.71. The Hall–Kier alpha value is -1.16. The highest BCUT2D eigenvalue weighted by molar-refractivity contribution is 6.20. The minimum Gasteiger partial charge on any atom is -0.258 e. The number of hydrogen-bond donors (Lipinski definition) is 0. The topological polar surface area (TPSA) is 43.1 Å². The number of halogens is 2. The lowest BCUT2D eigenvalue weighted by Crippen LogP contribution is -2.01. The van der Waals surface area contributed by atoms with Crippen molar-refractivity contribution >= 4 is 17.3 Å². The van der Waals surface area contributed by atoms with Crippen LogP contribution in [0.4, 0.5) is 10.1 Å². The molecular weight excluding hydrogens is 245 g/mol. The Balaban J connectivity index is 2.62. The maximum Gasteiger partial charge on any atom is 0.304 e. The van der Waals surface area contributed by atoms with Gasteiger partial charge in [0.15, 0.2) is 0 Å². The molecule has 1 rings (SSSR count). The third kappa shape index (κ3) is 4.30. The molecule has 1 aromatic carbocycles. The molecule has 0 N–H and O–H groups in total. The van der Waals surface area contributed by atoms with Gasteiger partial charge in [-0.2, -0.15) is 4.39 Å². The molecule has 0 amide bonds. The number of hydrogen-bond acceptors (Lipinski definition) is 2. The third-order valence-electron chi connectivity index (χ3n) is 2.56. The van der Waals surface area contributed by atoms with E-state index in [2.05, 4.69) is 6.92 Å². The zero-order valence-electron chi connectivity index (χ0n) is 9.66. The van der Waals surface area contributed by atoms with Gasteiger partial charge in [0.1, 0.15) is 0 Å².